The van der Waals surface area contributed by atoms with Crippen molar-refractivity contribution in [1.29, 1.82) is 0 Å². The molecule has 86 valence electrons. The first kappa shape index (κ1) is 14.8. The SMILES string of the molecule is FC(F)(F)SCC(CBr)SC(F)(F)F. The third-order valence-corrected chi connectivity index (χ3v) is 4.16. The van der Waals surface area contributed by atoms with Crippen LogP contribution in [0.4, 0.5) is 26.3 Å². The van der Waals surface area contributed by atoms with Crippen molar-refractivity contribution < 1.29 is 26.3 Å². The maximum absolute atomic E-state index is 11.8. The highest BCUT2D eigenvalue weighted by Gasteiger charge is 2.35. The third-order valence-electron chi connectivity index (χ3n) is 0.905. The minimum absolute atomic E-state index is 0.125. The molecule has 1 atom stereocenters. The maximum atomic E-state index is 11.8. The van der Waals surface area contributed by atoms with E-state index in [2.05, 4.69) is 15.9 Å². The lowest BCUT2D eigenvalue weighted by Gasteiger charge is -2.15. The van der Waals surface area contributed by atoms with Gasteiger partial charge in [-0.2, -0.15) is 26.3 Å². The molecule has 0 fully saturated rings. The van der Waals surface area contributed by atoms with Crippen LogP contribution in [0.1, 0.15) is 0 Å². The summed E-state index contributed by atoms with van der Waals surface area (Å²) in [5, 5.41) is -1.25. The molecule has 0 nitrogen and oxygen atoms in total. The molecule has 0 saturated heterocycles. The summed E-state index contributed by atoms with van der Waals surface area (Å²) in [5.74, 6) is -0.612. The highest BCUT2D eigenvalue weighted by molar-refractivity contribution is 9.09. The molecule has 0 aliphatic carbocycles. The van der Waals surface area contributed by atoms with E-state index in [1.54, 1.807) is 0 Å². The fraction of sp³-hybridized carbons (Fsp3) is 1.00. The molecule has 0 N–H and O–H groups in total. The average Bonchev–Trinajstić information content (AvgIpc) is 1.94. The van der Waals surface area contributed by atoms with E-state index in [1.165, 1.54) is 0 Å². The van der Waals surface area contributed by atoms with Gasteiger partial charge in [0, 0.05) is 16.3 Å². The normalized spacial score (nSPS) is 15.6. The third kappa shape index (κ3) is 9.32. The number of hydrogen-bond donors (Lipinski definition) is 0. The maximum Gasteiger partial charge on any atom is 0.442 e. The van der Waals surface area contributed by atoms with E-state index in [1.807, 2.05) is 0 Å². The number of halogens is 7. The first-order chi connectivity index (χ1) is 6.14. The zero-order chi connectivity index (χ0) is 11.4. The molecule has 0 aliphatic rings. The number of hydrogen-bond acceptors (Lipinski definition) is 2. The molecule has 0 heterocycles. The predicted octanol–water partition coefficient (Wildman–Crippen LogP) is 4.26. The first-order valence-corrected chi connectivity index (χ1v) is 6.14. The zero-order valence-electron chi connectivity index (χ0n) is 6.45. The van der Waals surface area contributed by atoms with E-state index in [9.17, 15) is 26.3 Å². The van der Waals surface area contributed by atoms with Gasteiger partial charge in [0.2, 0.25) is 0 Å². The quantitative estimate of drug-likeness (QED) is 0.560. The molecule has 0 radical (unpaired) electrons. The van der Waals surface area contributed by atoms with Crippen molar-refractivity contribution in [3.63, 3.8) is 0 Å². The topological polar surface area (TPSA) is 0 Å². The van der Waals surface area contributed by atoms with Crippen molar-refractivity contribution in [1.82, 2.24) is 0 Å². The van der Waals surface area contributed by atoms with Crippen molar-refractivity contribution in [3.05, 3.63) is 0 Å². The van der Waals surface area contributed by atoms with Gasteiger partial charge in [-0.25, -0.2) is 0 Å². The molecule has 0 aromatic heterocycles. The first-order valence-electron chi connectivity index (χ1n) is 3.15. The van der Waals surface area contributed by atoms with Gasteiger partial charge < -0.3 is 0 Å². The van der Waals surface area contributed by atoms with Crippen LogP contribution in [0.3, 0.4) is 0 Å². The van der Waals surface area contributed by atoms with Crippen molar-refractivity contribution in [3.8, 4) is 0 Å². The van der Waals surface area contributed by atoms with E-state index in [-0.39, 0.29) is 5.33 Å². The van der Waals surface area contributed by atoms with E-state index >= 15 is 0 Å². The van der Waals surface area contributed by atoms with E-state index < -0.39 is 45.5 Å². The monoisotopic (exact) mass is 322 g/mol. The van der Waals surface area contributed by atoms with E-state index in [0.717, 1.165) is 0 Å². The molecule has 0 rings (SSSR count). The van der Waals surface area contributed by atoms with Gasteiger partial charge in [-0.15, -0.1) is 0 Å². The van der Waals surface area contributed by atoms with Gasteiger partial charge in [0.25, 0.3) is 0 Å². The zero-order valence-corrected chi connectivity index (χ0v) is 9.67. The summed E-state index contributed by atoms with van der Waals surface area (Å²) in [7, 11) is 0. The van der Waals surface area contributed by atoms with Gasteiger partial charge in [0.1, 0.15) is 0 Å². The number of thioether (sulfide) groups is 2. The Morgan fingerprint density at radius 3 is 1.79 bits per heavy atom. The van der Waals surface area contributed by atoms with Crippen molar-refractivity contribution >= 4 is 39.5 Å². The van der Waals surface area contributed by atoms with Crippen LogP contribution >= 0.6 is 39.5 Å². The van der Waals surface area contributed by atoms with Crippen LogP contribution < -0.4 is 0 Å². The molecule has 0 bridgehead atoms. The molecule has 0 aromatic carbocycles. The van der Waals surface area contributed by atoms with Gasteiger partial charge in [0.05, 0.1) is 0 Å². The second-order valence-corrected chi connectivity index (χ2v) is 5.19. The summed E-state index contributed by atoms with van der Waals surface area (Å²) in [6.45, 7) is 0. The summed E-state index contributed by atoms with van der Waals surface area (Å²) in [6, 6.07) is 0. The van der Waals surface area contributed by atoms with Crippen LogP contribution in [-0.4, -0.2) is 27.3 Å². The summed E-state index contributed by atoms with van der Waals surface area (Å²) >= 11 is 1.87. The summed E-state index contributed by atoms with van der Waals surface area (Å²) in [4.78, 5) is 0. The molecular weight excluding hydrogens is 318 g/mol. The van der Waals surface area contributed by atoms with Crippen molar-refractivity contribution in [2.24, 2.45) is 0 Å². The lowest BCUT2D eigenvalue weighted by Crippen LogP contribution is -2.18. The summed E-state index contributed by atoms with van der Waals surface area (Å²) < 4.78 is 70.2. The highest BCUT2D eigenvalue weighted by Crippen LogP contribution is 2.39. The van der Waals surface area contributed by atoms with Crippen LogP contribution in [0.25, 0.3) is 0 Å². The lowest BCUT2D eigenvalue weighted by atomic mass is 10.6. The van der Waals surface area contributed by atoms with Crippen LogP contribution in [0, 0.1) is 0 Å². The smallest absolute Gasteiger partial charge is 0.160 e. The van der Waals surface area contributed by atoms with Gasteiger partial charge >= 0.3 is 11.0 Å². The molecule has 9 heteroatoms. The molecule has 0 aromatic rings. The average molecular weight is 323 g/mol. The van der Waals surface area contributed by atoms with Gasteiger partial charge in [-0.05, 0) is 23.5 Å². The Bertz CT molecular complexity index is 167. The van der Waals surface area contributed by atoms with Crippen LogP contribution in [0.2, 0.25) is 0 Å². The highest BCUT2D eigenvalue weighted by atomic mass is 79.9. The van der Waals surface area contributed by atoms with Crippen molar-refractivity contribution in [2.75, 3.05) is 11.1 Å². The molecule has 14 heavy (non-hydrogen) atoms. The molecule has 0 aliphatic heterocycles. The standard InChI is InChI=1S/C5H5BrF6S2/c6-1-3(14-5(10,11)12)2-13-4(7,8)9/h3H,1-2H2. The minimum atomic E-state index is -4.50. The molecule has 0 saturated carbocycles. The predicted molar refractivity (Wildman–Crippen MR) is 49.7 cm³/mol. The Morgan fingerprint density at radius 1 is 1.00 bits per heavy atom. The second kappa shape index (κ2) is 5.74. The van der Waals surface area contributed by atoms with E-state index in [0.29, 0.717) is 0 Å². The number of alkyl halides is 7. The summed E-state index contributed by atoms with van der Waals surface area (Å²) in [5.41, 5.74) is -8.98. The van der Waals surface area contributed by atoms with Crippen LogP contribution in [0.5, 0.6) is 0 Å². The molecule has 0 spiro atoms. The second-order valence-electron chi connectivity index (χ2n) is 2.10. The van der Waals surface area contributed by atoms with Crippen LogP contribution in [-0.2, 0) is 0 Å². The number of rotatable bonds is 4. The molecular formula is C5H5BrF6S2. The fourth-order valence-electron chi connectivity index (χ4n) is 0.486. The lowest BCUT2D eigenvalue weighted by molar-refractivity contribution is -0.0348. The molecule has 0 amide bonds. The van der Waals surface area contributed by atoms with Gasteiger partial charge in [-0.3, -0.25) is 0 Å². The Labute approximate surface area is 93.3 Å². The van der Waals surface area contributed by atoms with Gasteiger partial charge in [-0.1, -0.05) is 15.9 Å². The Hall–Kier alpha value is 0.760. The molecule has 1 unspecified atom stereocenters. The largest absolute Gasteiger partial charge is 0.442 e. The Morgan fingerprint density at radius 2 is 1.50 bits per heavy atom. The van der Waals surface area contributed by atoms with E-state index in [4.69, 9.17) is 0 Å². The fourth-order valence-corrected chi connectivity index (χ4v) is 2.82. The van der Waals surface area contributed by atoms with Crippen molar-refractivity contribution in [2.45, 2.75) is 16.3 Å². The van der Waals surface area contributed by atoms with Gasteiger partial charge in [0.15, 0.2) is 0 Å². The van der Waals surface area contributed by atoms with Crippen LogP contribution in [0.15, 0.2) is 0 Å². The Balaban J connectivity index is 3.93. The summed E-state index contributed by atoms with van der Waals surface area (Å²) in [6.07, 6.45) is 0. The Kier molecular flexibility index (Phi) is 6.05. The minimum Gasteiger partial charge on any atom is -0.160 e.